The predicted molar refractivity (Wildman–Crippen MR) is 82.8 cm³/mol. The molecule has 1 aliphatic rings. The highest BCUT2D eigenvalue weighted by atomic mass is 16.3. The Morgan fingerprint density at radius 2 is 2.00 bits per heavy atom. The number of rotatable bonds is 2. The molecule has 0 saturated heterocycles. The van der Waals surface area contributed by atoms with Crippen LogP contribution in [-0.4, -0.2) is 9.38 Å². The van der Waals surface area contributed by atoms with Crippen LogP contribution in [0.25, 0.3) is 16.9 Å². The highest BCUT2D eigenvalue weighted by Crippen LogP contribution is 2.34. The van der Waals surface area contributed by atoms with Crippen LogP contribution in [0.2, 0.25) is 0 Å². The Hall–Kier alpha value is -2.49. The summed E-state index contributed by atoms with van der Waals surface area (Å²) in [5.41, 5.74) is 6.27. The van der Waals surface area contributed by atoms with E-state index in [1.165, 1.54) is 17.5 Å². The summed E-state index contributed by atoms with van der Waals surface area (Å²) < 4.78 is 1.77. The van der Waals surface area contributed by atoms with Crippen molar-refractivity contribution in [3.8, 4) is 11.3 Å². The van der Waals surface area contributed by atoms with Gasteiger partial charge in [0.15, 0.2) is 0 Å². The van der Waals surface area contributed by atoms with Crippen molar-refractivity contribution in [1.82, 2.24) is 9.38 Å². The zero-order valence-electron chi connectivity index (χ0n) is 11.8. The Kier molecular flexibility index (Phi) is 2.64. The maximum absolute atomic E-state index is 11.3. The highest BCUT2D eigenvalue weighted by molar-refractivity contribution is 5.75. The lowest BCUT2D eigenvalue weighted by molar-refractivity contribution is 0.912. The maximum atomic E-state index is 11.3. The van der Waals surface area contributed by atoms with Gasteiger partial charge in [-0.25, -0.2) is 4.98 Å². The van der Waals surface area contributed by atoms with Gasteiger partial charge >= 0.3 is 0 Å². The van der Waals surface area contributed by atoms with Gasteiger partial charge in [-0.15, -0.1) is 4.91 Å². The molecule has 4 heteroatoms. The Morgan fingerprint density at radius 1 is 1.14 bits per heavy atom. The lowest BCUT2D eigenvalue weighted by Gasteiger charge is -2.02. The van der Waals surface area contributed by atoms with Gasteiger partial charge in [-0.1, -0.05) is 18.2 Å². The van der Waals surface area contributed by atoms with Crippen molar-refractivity contribution in [2.24, 2.45) is 5.18 Å². The van der Waals surface area contributed by atoms with Crippen LogP contribution in [0.3, 0.4) is 0 Å². The standard InChI is InChI=1S/C17H15N3O/c1-11-5-8-15-18-16(17(19-21)20(15)10-11)14-7-6-12-3-2-4-13(12)9-14/h5-10H,2-4H2,1H3. The quantitative estimate of drug-likeness (QED) is 0.659. The van der Waals surface area contributed by atoms with E-state index in [1.54, 1.807) is 4.40 Å². The van der Waals surface area contributed by atoms with Crippen LogP contribution in [0.5, 0.6) is 0 Å². The van der Waals surface area contributed by atoms with Gasteiger partial charge in [0.2, 0.25) is 5.82 Å². The van der Waals surface area contributed by atoms with Crippen LogP contribution >= 0.6 is 0 Å². The van der Waals surface area contributed by atoms with Gasteiger partial charge < -0.3 is 0 Å². The normalized spacial score (nSPS) is 13.6. The van der Waals surface area contributed by atoms with E-state index in [1.807, 2.05) is 31.3 Å². The van der Waals surface area contributed by atoms with E-state index in [-0.39, 0.29) is 0 Å². The van der Waals surface area contributed by atoms with E-state index in [0.29, 0.717) is 11.5 Å². The van der Waals surface area contributed by atoms with Gasteiger partial charge in [0.05, 0.1) is 0 Å². The van der Waals surface area contributed by atoms with Crippen molar-refractivity contribution in [2.75, 3.05) is 0 Å². The largest absolute Gasteiger partial charge is 0.281 e. The van der Waals surface area contributed by atoms with Crippen molar-refractivity contribution in [3.63, 3.8) is 0 Å². The third kappa shape index (κ3) is 1.87. The Morgan fingerprint density at radius 3 is 2.86 bits per heavy atom. The molecule has 0 aliphatic heterocycles. The molecule has 1 aliphatic carbocycles. The topological polar surface area (TPSA) is 46.7 Å². The number of fused-ring (bicyclic) bond motifs is 2. The third-order valence-corrected chi connectivity index (χ3v) is 4.20. The molecule has 3 aromatic rings. The molecule has 1 aromatic carbocycles. The predicted octanol–water partition coefficient (Wildman–Crippen LogP) is 4.20. The molecule has 0 unspecified atom stereocenters. The molecule has 21 heavy (non-hydrogen) atoms. The van der Waals surface area contributed by atoms with Crippen LogP contribution in [0, 0.1) is 11.8 Å². The lowest BCUT2D eigenvalue weighted by atomic mass is 10.0. The smallest absolute Gasteiger partial charge is 0.209 e. The molecule has 0 N–H and O–H groups in total. The van der Waals surface area contributed by atoms with Crippen molar-refractivity contribution in [2.45, 2.75) is 26.2 Å². The van der Waals surface area contributed by atoms with Crippen LogP contribution in [0.15, 0.2) is 41.7 Å². The van der Waals surface area contributed by atoms with E-state index < -0.39 is 0 Å². The second kappa shape index (κ2) is 4.52. The van der Waals surface area contributed by atoms with Crippen molar-refractivity contribution >= 4 is 11.5 Å². The number of aromatic nitrogens is 2. The van der Waals surface area contributed by atoms with Gasteiger partial charge in [0, 0.05) is 11.8 Å². The van der Waals surface area contributed by atoms with E-state index in [9.17, 15) is 4.91 Å². The first-order chi connectivity index (χ1) is 10.3. The summed E-state index contributed by atoms with van der Waals surface area (Å²) in [6.07, 6.45) is 5.37. The minimum Gasteiger partial charge on any atom is -0.281 e. The van der Waals surface area contributed by atoms with Gasteiger partial charge in [-0.2, -0.15) is 0 Å². The van der Waals surface area contributed by atoms with Crippen LogP contribution < -0.4 is 0 Å². The zero-order valence-corrected chi connectivity index (χ0v) is 11.8. The van der Waals surface area contributed by atoms with Gasteiger partial charge in [0.1, 0.15) is 11.3 Å². The molecular formula is C17H15N3O. The molecule has 4 rings (SSSR count). The number of hydrogen-bond donors (Lipinski definition) is 0. The third-order valence-electron chi connectivity index (χ3n) is 4.20. The lowest BCUT2D eigenvalue weighted by Crippen LogP contribution is -1.86. The summed E-state index contributed by atoms with van der Waals surface area (Å²) in [5.74, 6) is 0.381. The number of imidazole rings is 1. The number of hydrogen-bond acceptors (Lipinski definition) is 3. The van der Waals surface area contributed by atoms with Crippen molar-refractivity contribution < 1.29 is 0 Å². The van der Waals surface area contributed by atoms with Crippen molar-refractivity contribution in [3.05, 3.63) is 58.1 Å². The van der Waals surface area contributed by atoms with E-state index in [2.05, 4.69) is 22.3 Å². The molecule has 0 bridgehead atoms. The molecule has 4 nitrogen and oxygen atoms in total. The van der Waals surface area contributed by atoms with Crippen LogP contribution in [0.4, 0.5) is 5.82 Å². The molecule has 2 heterocycles. The summed E-state index contributed by atoms with van der Waals surface area (Å²) in [6.45, 7) is 1.99. The summed E-state index contributed by atoms with van der Waals surface area (Å²) in [7, 11) is 0. The van der Waals surface area contributed by atoms with E-state index in [4.69, 9.17) is 0 Å². The molecule has 0 saturated carbocycles. The molecule has 0 spiro atoms. The Bertz CT molecular complexity index is 864. The fraction of sp³-hybridized carbons (Fsp3) is 0.235. The molecule has 0 fully saturated rings. The van der Waals surface area contributed by atoms with Gasteiger partial charge in [0.25, 0.3) is 0 Å². The first kappa shape index (κ1) is 12.3. The summed E-state index contributed by atoms with van der Waals surface area (Å²) in [5, 5.41) is 3.22. The number of benzene rings is 1. The monoisotopic (exact) mass is 277 g/mol. The van der Waals surface area contributed by atoms with Gasteiger partial charge in [-0.3, -0.25) is 4.40 Å². The Balaban J connectivity index is 1.95. The van der Waals surface area contributed by atoms with Crippen LogP contribution in [0.1, 0.15) is 23.1 Å². The minimum atomic E-state index is 0.381. The molecule has 0 amide bonds. The zero-order chi connectivity index (χ0) is 14.4. The second-order valence-corrected chi connectivity index (χ2v) is 5.65. The molecule has 0 radical (unpaired) electrons. The summed E-state index contributed by atoms with van der Waals surface area (Å²) >= 11 is 0. The average Bonchev–Trinajstić information content (AvgIpc) is 3.09. The second-order valence-electron chi connectivity index (χ2n) is 5.65. The Labute approximate surface area is 122 Å². The SMILES string of the molecule is Cc1ccc2nc(-c3ccc4c(c3)CCC4)c(N=O)n2c1. The first-order valence-electron chi connectivity index (χ1n) is 7.20. The number of pyridine rings is 1. The average molecular weight is 277 g/mol. The van der Waals surface area contributed by atoms with E-state index in [0.717, 1.165) is 29.6 Å². The van der Waals surface area contributed by atoms with Crippen molar-refractivity contribution in [1.29, 1.82) is 0 Å². The fourth-order valence-corrected chi connectivity index (χ4v) is 3.14. The summed E-state index contributed by atoms with van der Waals surface area (Å²) in [4.78, 5) is 15.9. The molecule has 0 atom stereocenters. The number of aryl methyl sites for hydroxylation is 3. The van der Waals surface area contributed by atoms with Gasteiger partial charge in [-0.05, 0) is 60.2 Å². The minimum absolute atomic E-state index is 0.381. The fourth-order valence-electron chi connectivity index (χ4n) is 3.14. The number of nitrogens with zero attached hydrogens (tertiary/aromatic N) is 3. The molecule has 2 aromatic heterocycles. The van der Waals surface area contributed by atoms with E-state index >= 15 is 0 Å². The highest BCUT2D eigenvalue weighted by Gasteiger charge is 2.17. The van der Waals surface area contributed by atoms with Crippen LogP contribution in [-0.2, 0) is 12.8 Å². The first-order valence-corrected chi connectivity index (χ1v) is 7.20. The molecular weight excluding hydrogens is 262 g/mol. The number of nitroso groups, excluding NO2 is 1. The summed E-state index contributed by atoms with van der Waals surface area (Å²) in [6, 6.07) is 10.3. The maximum Gasteiger partial charge on any atom is 0.209 e. The molecule has 104 valence electrons.